The molecule has 0 fully saturated rings. The molecule has 2 heterocycles. The molecule has 394 valence electrons. The monoisotopic (exact) mass is 1000 g/mol. The highest BCUT2D eigenvalue weighted by atomic mass is 16.6. The van der Waals surface area contributed by atoms with E-state index in [1.54, 1.807) is 78.2 Å². The zero-order valence-corrected chi connectivity index (χ0v) is 44.6. The molecular weight excluding hydrogens is 929 g/mol. The van der Waals surface area contributed by atoms with Gasteiger partial charge < -0.3 is 70.5 Å². The Morgan fingerprint density at radius 2 is 0.819 bits per heavy atom. The van der Waals surface area contributed by atoms with E-state index < -0.39 is 11.9 Å². The van der Waals surface area contributed by atoms with Gasteiger partial charge in [0.15, 0.2) is 46.0 Å². The Bertz CT molecular complexity index is 2490. The second-order valence-electron chi connectivity index (χ2n) is 18.6. The van der Waals surface area contributed by atoms with Gasteiger partial charge in [-0.05, 0) is 58.7 Å². The lowest BCUT2D eigenvalue weighted by molar-refractivity contribution is -0.941. The Balaban J connectivity index is 1.07. The number of quaternary nitrogens is 2. The predicted molar refractivity (Wildman–Crippen MR) is 270 cm³/mol. The second kappa shape index (κ2) is 24.8. The van der Waals surface area contributed by atoms with Crippen molar-refractivity contribution in [3.8, 4) is 63.2 Å². The number of benzene rings is 4. The standard InChI is InChI=1S/C55H76N2O15/c1-56(24-20-37-33-45(64-7)52(67-10)54(69-12)49(37)39(56)28-35-16-17-41(60-3)42(30-35)61-4)22-14-26-71-47(58)18-19-48(59)72-27-15-23-57(2)25-21-38-34-46(65-8)53(68-11)55(70-13)50(38)40(57)29-36-31-43(62-5)51(66-9)44(32-36)63-6/h16-17,30-34,39-40H,14-15,18-29H2,1-13H3/q+2. The van der Waals surface area contributed by atoms with E-state index >= 15 is 0 Å². The van der Waals surface area contributed by atoms with Crippen LogP contribution < -0.4 is 52.1 Å². The van der Waals surface area contributed by atoms with Gasteiger partial charge in [-0.3, -0.25) is 9.59 Å². The third-order valence-corrected chi connectivity index (χ3v) is 14.6. The molecule has 4 unspecified atom stereocenters. The maximum atomic E-state index is 13.1. The Morgan fingerprint density at radius 1 is 0.444 bits per heavy atom. The molecule has 2 aliphatic rings. The molecule has 4 aromatic rings. The van der Waals surface area contributed by atoms with E-state index in [0.717, 1.165) is 59.3 Å². The molecule has 0 aliphatic carbocycles. The minimum atomic E-state index is -0.449. The van der Waals surface area contributed by atoms with Gasteiger partial charge in [-0.15, -0.1) is 0 Å². The van der Waals surface area contributed by atoms with E-state index in [4.69, 9.17) is 61.6 Å². The number of nitrogens with zero attached hydrogens (tertiary/aromatic N) is 2. The van der Waals surface area contributed by atoms with E-state index in [-0.39, 0.29) is 38.1 Å². The summed E-state index contributed by atoms with van der Waals surface area (Å²) in [6.45, 7) is 3.45. The van der Waals surface area contributed by atoms with Gasteiger partial charge in [-0.2, -0.15) is 0 Å². The Labute approximate surface area is 425 Å². The number of ether oxygens (including phenoxy) is 13. The first-order chi connectivity index (χ1) is 34.7. The van der Waals surface area contributed by atoms with Crippen LogP contribution in [0.5, 0.6) is 63.2 Å². The number of carbonyl (C=O) groups excluding carboxylic acids is 2. The van der Waals surface area contributed by atoms with Gasteiger partial charge in [-0.1, -0.05) is 6.07 Å². The lowest BCUT2D eigenvalue weighted by atomic mass is 9.85. The Morgan fingerprint density at radius 3 is 1.21 bits per heavy atom. The smallest absolute Gasteiger partial charge is 0.306 e. The van der Waals surface area contributed by atoms with Crippen molar-refractivity contribution in [1.29, 1.82) is 0 Å². The van der Waals surface area contributed by atoms with Crippen molar-refractivity contribution < 1.29 is 80.1 Å². The molecule has 4 atom stereocenters. The fourth-order valence-electron chi connectivity index (χ4n) is 10.7. The molecule has 0 bridgehead atoms. The number of methoxy groups -OCH3 is 11. The first kappa shape index (κ1) is 54.9. The van der Waals surface area contributed by atoms with Crippen LogP contribution in [0.3, 0.4) is 0 Å². The third kappa shape index (κ3) is 11.7. The van der Waals surface area contributed by atoms with Crippen LogP contribution in [0.4, 0.5) is 0 Å². The highest BCUT2D eigenvalue weighted by molar-refractivity contribution is 5.77. The molecule has 0 radical (unpaired) electrons. The van der Waals surface area contributed by atoms with E-state index in [1.165, 1.54) is 0 Å². The van der Waals surface area contributed by atoms with Gasteiger partial charge in [0, 0.05) is 38.5 Å². The molecule has 4 aromatic carbocycles. The number of hydrogen-bond acceptors (Lipinski definition) is 15. The minimum absolute atomic E-state index is 0.0505. The molecule has 17 heteroatoms. The summed E-state index contributed by atoms with van der Waals surface area (Å²) in [6.07, 6.45) is 3.85. The number of carbonyl (C=O) groups is 2. The number of fused-ring (bicyclic) bond motifs is 2. The molecule has 0 saturated carbocycles. The SMILES string of the molecule is COc1ccc(CC2c3c(cc(OC)c(OC)c3OC)CC[N+]2(C)CCCOC(=O)CCC(=O)OCCC[N+]2(C)CCc3cc(OC)c(OC)c(OC)c3C2Cc2cc(OC)c(OC)c(OC)c2)cc1OC. The molecule has 0 spiro atoms. The Hall–Kier alpha value is -6.46. The largest absolute Gasteiger partial charge is 0.493 e. The van der Waals surface area contributed by atoms with Crippen LogP contribution in [-0.2, 0) is 44.7 Å². The molecular formula is C55H76N2O15+2. The van der Waals surface area contributed by atoms with Crippen LogP contribution >= 0.6 is 0 Å². The first-order valence-corrected chi connectivity index (χ1v) is 24.4. The van der Waals surface area contributed by atoms with Gasteiger partial charge in [-0.25, -0.2) is 0 Å². The van der Waals surface area contributed by atoms with Crippen LogP contribution in [-0.4, -0.2) is 153 Å². The molecule has 17 nitrogen and oxygen atoms in total. The fraction of sp³-hybridized carbons (Fsp3) is 0.527. The molecule has 6 rings (SSSR count). The number of rotatable bonds is 26. The van der Waals surface area contributed by atoms with Gasteiger partial charge in [0.2, 0.25) is 17.2 Å². The van der Waals surface area contributed by atoms with Crippen LogP contribution in [0, 0.1) is 0 Å². The molecule has 0 saturated heterocycles. The van der Waals surface area contributed by atoms with Gasteiger partial charge in [0.1, 0.15) is 12.1 Å². The maximum absolute atomic E-state index is 13.1. The summed E-state index contributed by atoms with van der Waals surface area (Å²) in [4.78, 5) is 26.1. The van der Waals surface area contributed by atoms with Crippen LogP contribution in [0.1, 0.15) is 71.1 Å². The first-order valence-electron chi connectivity index (χ1n) is 24.4. The third-order valence-electron chi connectivity index (χ3n) is 14.6. The average Bonchev–Trinajstić information content (AvgIpc) is 3.40. The van der Waals surface area contributed by atoms with Crippen molar-refractivity contribution in [2.75, 3.05) is 132 Å². The molecule has 72 heavy (non-hydrogen) atoms. The molecule has 0 aromatic heterocycles. The topological polar surface area (TPSA) is 154 Å². The zero-order chi connectivity index (χ0) is 52.2. The summed E-state index contributed by atoms with van der Waals surface area (Å²) >= 11 is 0. The van der Waals surface area contributed by atoms with Crippen molar-refractivity contribution in [2.24, 2.45) is 0 Å². The summed E-state index contributed by atoms with van der Waals surface area (Å²) in [5, 5.41) is 0. The number of likely N-dealkylation sites (N-methyl/N-ethyl adjacent to an activating group) is 2. The molecule has 0 N–H and O–H groups in total. The summed E-state index contributed by atoms with van der Waals surface area (Å²) in [5.74, 6) is 5.62. The summed E-state index contributed by atoms with van der Waals surface area (Å²) in [6, 6.07) is 13.9. The molecule has 2 aliphatic heterocycles. The lowest BCUT2D eigenvalue weighted by Gasteiger charge is -2.46. The molecule has 0 amide bonds. The van der Waals surface area contributed by atoms with Crippen LogP contribution in [0.15, 0.2) is 42.5 Å². The Kier molecular flexibility index (Phi) is 18.9. The van der Waals surface area contributed by atoms with Gasteiger partial charge >= 0.3 is 11.9 Å². The van der Waals surface area contributed by atoms with Crippen molar-refractivity contribution >= 4 is 11.9 Å². The second-order valence-corrected chi connectivity index (χ2v) is 18.6. The number of hydrogen-bond donors (Lipinski definition) is 0. The quantitative estimate of drug-likeness (QED) is 0.0343. The van der Waals surface area contributed by atoms with Crippen molar-refractivity contribution in [3.63, 3.8) is 0 Å². The van der Waals surface area contributed by atoms with Crippen LogP contribution in [0.2, 0.25) is 0 Å². The maximum Gasteiger partial charge on any atom is 0.306 e. The van der Waals surface area contributed by atoms with Crippen molar-refractivity contribution in [1.82, 2.24) is 0 Å². The lowest BCUT2D eigenvalue weighted by Crippen LogP contribution is -2.53. The van der Waals surface area contributed by atoms with Gasteiger partial charge in [0.05, 0.1) is 156 Å². The highest BCUT2D eigenvalue weighted by Crippen LogP contribution is 2.52. The predicted octanol–water partition coefficient (Wildman–Crippen LogP) is 7.70. The normalized spacial score (nSPS) is 18.9. The van der Waals surface area contributed by atoms with E-state index in [9.17, 15) is 9.59 Å². The van der Waals surface area contributed by atoms with E-state index in [0.29, 0.717) is 111 Å². The summed E-state index contributed by atoms with van der Waals surface area (Å²) in [5.41, 5.74) is 6.38. The zero-order valence-electron chi connectivity index (χ0n) is 44.6. The summed E-state index contributed by atoms with van der Waals surface area (Å²) in [7, 11) is 22.3. The van der Waals surface area contributed by atoms with Crippen molar-refractivity contribution in [3.05, 3.63) is 75.8 Å². The van der Waals surface area contributed by atoms with Gasteiger partial charge in [0.25, 0.3) is 0 Å². The van der Waals surface area contributed by atoms with Crippen molar-refractivity contribution in [2.45, 2.75) is 63.5 Å². The van der Waals surface area contributed by atoms with E-state index in [2.05, 4.69) is 20.2 Å². The van der Waals surface area contributed by atoms with E-state index in [1.807, 2.05) is 36.4 Å². The number of esters is 2. The average molecular weight is 1010 g/mol. The highest BCUT2D eigenvalue weighted by Gasteiger charge is 2.44. The van der Waals surface area contributed by atoms with Crippen LogP contribution in [0.25, 0.3) is 0 Å². The minimum Gasteiger partial charge on any atom is -0.493 e. The fourth-order valence-corrected chi connectivity index (χ4v) is 10.7. The summed E-state index contributed by atoms with van der Waals surface area (Å²) < 4.78 is 76.3.